The van der Waals surface area contributed by atoms with Gasteiger partial charge in [-0.05, 0) is 30.7 Å². The molecule has 1 aromatic carbocycles. The SMILES string of the molecule is Cn1nc(CC2(O)CCCC(C)(C)C2)c2ccccc21. The van der Waals surface area contributed by atoms with Crippen molar-refractivity contribution in [2.75, 3.05) is 0 Å². The molecule has 1 aliphatic rings. The Morgan fingerprint density at radius 2 is 2.00 bits per heavy atom. The van der Waals surface area contributed by atoms with Crippen LogP contribution in [0.1, 0.15) is 45.2 Å². The lowest BCUT2D eigenvalue weighted by molar-refractivity contribution is -0.0387. The Morgan fingerprint density at radius 1 is 1.25 bits per heavy atom. The minimum absolute atomic E-state index is 0.234. The summed E-state index contributed by atoms with van der Waals surface area (Å²) < 4.78 is 1.92. The molecule has 3 heteroatoms. The van der Waals surface area contributed by atoms with Crippen LogP contribution in [-0.4, -0.2) is 20.5 Å². The normalized spacial score (nSPS) is 26.0. The topological polar surface area (TPSA) is 38.0 Å². The highest BCUT2D eigenvalue weighted by Gasteiger charge is 2.39. The summed E-state index contributed by atoms with van der Waals surface area (Å²) in [6.07, 6.45) is 4.73. The second-order valence-corrected chi connectivity index (χ2v) is 7.18. The molecular weight excluding hydrogens is 248 g/mol. The number of benzene rings is 1. The van der Waals surface area contributed by atoms with Gasteiger partial charge in [0.2, 0.25) is 0 Å². The predicted octanol–water partition coefficient (Wildman–Crippen LogP) is 3.45. The summed E-state index contributed by atoms with van der Waals surface area (Å²) in [4.78, 5) is 0. The van der Waals surface area contributed by atoms with Crippen molar-refractivity contribution in [1.82, 2.24) is 9.78 Å². The maximum Gasteiger partial charge on any atom is 0.0731 e. The van der Waals surface area contributed by atoms with Crippen LogP contribution in [0.2, 0.25) is 0 Å². The third-order valence-corrected chi connectivity index (χ3v) is 4.63. The molecule has 20 heavy (non-hydrogen) atoms. The van der Waals surface area contributed by atoms with Crippen LogP contribution in [0.25, 0.3) is 10.9 Å². The van der Waals surface area contributed by atoms with Crippen molar-refractivity contribution in [3.8, 4) is 0 Å². The van der Waals surface area contributed by atoms with Crippen LogP contribution in [0, 0.1) is 5.41 Å². The van der Waals surface area contributed by atoms with E-state index in [0.29, 0.717) is 6.42 Å². The molecule has 2 aromatic rings. The van der Waals surface area contributed by atoms with Gasteiger partial charge in [0.05, 0.1) is 16.8 Å². The van der Waals surface area contributed by atoms with E-state index in [0.717, 1.165) is 30.5 Å². The highest BCUT2D eigenvalue weighted by atomic mass is 16.3. The highest BCUT2D eigenvalue weighted by Crippen LogP contribution is 2.42. The Bertz CT molecular complexity index is 629. The Balaban J connectivity index is 1.93. The Labute approximate surface area is 120 Å². The number of fused-ring (bicyclic) bond motifs is 1. The Kier molecular flexibility index (Phi) is 3.13. The first-order valence-corrected chi connectivity index (χ1v) is 7.52. The average molecular weight is 272 g/mol. The molecule has 1 N–H and O–H groups in total. The van der Waals surface area contributed by atoms with E-state index in [2.05, 4.69) is 31.1 Å². The van der Waals surface area contributed by atoms with Crippen LogP contribution in [0.5, 0.6) is 0 Å². The minimum Gasteiger partial charge on any atom is -0.389 e. The first-order valence-electron chi connectivity index (χ1n) is 7.52. The fraction of sp³-hybridized carbons (Fsp3) is 0.588. The molecule has 0 bridgehead atoms. The lowest BCUT2D eigenvalue weighted by Gasteiger charge is -2.41. The zero-order chi connectivity index (χ0) is 14.4. The van der Waals surface area contributed by atoms with Gasteiger partial charge in [0, 0.05) is 18.9 Å². The maximum atomic E-state index is 11.0. The fourth-order valence-corrected chi connectivity index (χ4v) is 3.85. The van der Waals surface area contributed by atoms with Crippen LogP contribution >= 0.6 is 0 Å². The van der Waals surface area contributed by atoms with Crippen LogP contribution in [0.3, 0.4) is 0 Å². The van der Waals surface area contributed by atoms with E-state index in [-0.39, 0.29) is 5.41 Å². The summed E-state index contributed by atoms with van der Waals surface area (Å²) in [6.45, 7) is 4.52. The summed E-state index contributed by atoms with van der Waals surface area (Å²) in [5.74, 6) is 0. The minimum atomic E-state index is -0.598. The molecule has 3 rings (SSSR count). The lowest BCUT2D eigenvalue weighted by Crippen LogP contribution is -2.40. The van der Waals surface area contributed by atoms with Crippen molar-refractivity contribution in [3.63, 3.8) is 0 Å². The lowest BCUT2D eigenvalue weighted by atomic mass is 9.68. The first-order chi connectivity index (χ1) is 9.39. The second-order valence-electron chi connectivity index (χ2n) is 7.18. The largest absolute Gasteiger partial charge is 0.389 e. The number of hydrogen-bond acceptors (Lipinski definition) is 2. The number of nitrogens with zero attached hydrogens (tertiary/aromatic N) is 2. The van der Waals surface area contributed by atoms with Gasteiger partial charge in [0.1, 0.15) is 0 Å². The molecule has 1 aliphatic carbocycles. The molecule has 3 nitrogen and oxygen atoms in total. The van der Waals surface area contributed by atoms with Gasteiger partial charge in [-0.15, -0.1) is 0 Å². The van der Waals surface area contributed by atoms with E-state index < -0.39 is 5.60 Å². The Hall–Kier alpha value is -1.35. The van der Waals surface area contributed by atoms with Gasteiger partial charge < -0.3 is 5.11 Å². The van der Waals surface area contributed by atoms with Crippen molar-refractivity contribution in [1.29, 1.82) is 0 Å². The first kappa shape index (κ1) is 13.6. The third kappa shape index (κ3) is 2.47. The van der Waals surface area contributed by atoms with E-state index in [1.54, 1.807) is 0 Å². The number of aryl methyl sites for hydroxylation is 1. The zero-order valence-electron chi connectivity index (χ0n) is 12.7. The second kappa shape index (κ2) is 4.59. The number of rotatable bonds is 2. The van der Waals surface area contributed by atoms with Gasteiger partial charge in [-0.3, -0.25) is 4.68 Å². The van der Waals surface area contributed by atoms with Gasteiger partial charge in [0.25, 0.3) is 0 Å². The zero-order valence-corrected chi connectivity index (χ0v) is 12.7. The highest BCUT2D eigenvalue weighted by molar-refractivity contribution is 5.81. The molecule has 0 spiro atoms. The fourth-order valence-electron chi connectivity index (χ4n) is 3.85. The summed E-state index contributed by atoms with van der Waals surface area (Å²) in [7, 11) is 1.97. The van der Waals surface area contributed by atoms with Gasteiger partial charge in [-0.2, -0.15) is 5.10 Å². The van der Waals surface area contributed by atoms with E-state index in [1.165, 1.54) is 11.8 Å². The van der Waals surface area contributed by atoms with E-state index in [1.807, 2.05) is 23.9 Å². The van der Waals surface area contributed by atoms with Gasteiger partial charge in [0.15, 0.2) is 0 Å². The predicted molar refractivity (Wildman–Crippen MR) is 81.6 cm³/mol. The van der Waals surface area contributed by atoms with Crippen LogP contribution in [0.4, 0.5) is 0 Å². The van der Waals surface area contributed by atoms with E-state index >= 15 is 0 Å². The molecule has 0 aliphatic heterocycles. The van der Waals surface area contributed by atoms with Crippen LogP contribution < -0.4 is 0 Å². The van der Waals surface area contributed by atoms with Crippen molar-refractivity contribution >= 4 is 10.9 Å². The molecule has 1 unspecified atom stereocenters. The summed E-state index contributed by atoms with van der Waals surface area (Å²) in [6, 6.07) is 8.27. The standard InChI is InChI=1S/C17H24N2O/c1-16(2)9-6-10-17(20,12-16)11-14-13-7-4-5-8-15(13)19(3)18-14/h4-5,7-8,20H,6,9-12H2,1-3H3. The molecule has 0 amide bonds. The van der Waals surface area contributed by atoms with Crippen molar-refractivity contribution < 1.29 is 5.11 Å². The van der Waals surface area contributed by atoms with E-state index in [4.69, 9.17) is 0 Å². The number of hydrogen-bond donors (Lipinski definition) is 1. The molecule has 0 radical (unpaired) electrons. The number of aromatic nitrogens is 2. The molecular formula is C17H24N2O. The summed E-state index contributed by atoms with van der Waals surface area (Å²) in [5.41, 5.74) is 1.81. The van der Waals surface area contributed by atoms with Crippen molar-refractivity contribution in [2.45, 2.75) is 51.6 Å². The molecule has 108 valence electrons. The quantitative estimate of drug-likeness (QED) is 0.909. The van der Waals surface area contributed by atoms with Crippen LogP contribution in [0.15, 0.2) is 24.3 Å². The smallest absolute Gasteiger partial charge is 0.0731 e. The third-order valence-electron chi connectivity index (χ3n) is 4.63. The Morgan fingerprint density at radius 3 is 2.75 bits per heavy atom. The van der Waals surface area contributed by atoms with Crippen molar-refractivity contribution in [3.05, 3.63) is 30.0 Å². The van der Waals surface area contributed by atoms with Gasteiger partial charge in [-0.1, -0.05) is 38.5 Å². The molecule has 1 saturated carbocycles. The summed E-state index contributed by atoms with van der Waals surface area (Å²) in [5, 5.41) is 16.8. The molecule has 1 heterocycles. The van der Waals surface area contributed by atoms with Crippen LogP contribution in [-0.2, 0) is 13.5 Å². The monoisotopic (exact) mass is 272 g/mol. The van der Waals surface area contributed by atoms with E-state index in [9.17, 15) is 5.11 Å². The molecule has 1 atom stereocenters. The summed E-state index contributed by atoms with van der Waals surface area (Å²) >= 11 is 0. The number of para-hydroxylation sites is 1. The van der Waals surface area contributed by atoms with Gasteiger partial charge in [-0.25, -0.2) is 0 Å². The average Bonchev–Trinajstić information content (AvgIpc) is 2.65. The molecule has 1 fully saturated rings. The molecule has 1 aromatic heterocycles. The van der Waals surface area contributed by atoms with Crippen molar-refractivity contribution in [2.24, 2.45) is 12.5 Å². The molecule has 0 saturated heterocycles. The maximum absolute atomic E-state index is 11.0. The van der Waals surface area contributed by atoms with Gasteiger partial charge >= 0.3 is 0 Å². The number of aliphatic hydroxyl groups is 1.